The number of nitrogens with one attached hydrogen (secondary N) is 2. The molecule has 0 unspecified atom stereocenters. The number of benzene rings is 1. The van der Waals surface area contributed by atoms with Crippen LogP contribution in [0.4, 0.5) is 5.69 Å². The summed E-state index contributed by atoms with van der Waals surface area (Å²) in [5.74, 6) is -0.521. The number of thiophene rings is 1. The van der Waals surface area contributed by atoms with Crippen LogP contribution in [0.5, 0.6) is 0 Å². The van der Waals surface area contributed by atoms with Crippen molar-refractivity contribution >= 4 is 58.3 Å². The molecule has 0 saturated carbocycles. The highest BCUT2D eigenvalue weighted by Gasteiger charge is 2.26. The van der Waals surface area contributed by atoms with Crippen LogP contribution in [0.1, 0.15) is 23.3 Å². The minimum Gasteiger partial charge on any atom is -0.324 e. The van der Waals surface area contributed by atoms with Crippen LogP contribution in [-0.4, -0.2) is 42.6 Å². The Bertz CT molecular complexity index is 916. The van der Waals surface area contributed by atoms with Crippen LogP contribution in [-0.2, 0) is 9.59 Å². The summed E-state index contributed by atoms with van der Waals surface area (Å²) in [5.41, 5.74) is 4.23. The van der Waals surface area contributed by atoms with Gasteiger partial charge in [0.25, 0.3) is 0 Å². The van der Waals surface area contributed by atoms with Crippen LogP contribution in [0.25, 0.3) is 0 Å². The fourth-order valence-electron chi connectivity index (χ4n) is 3.16. The molecule has 9 heteroatoms. The third-order valence-electron chi connectivity index (χ3n) is 4.70. The first kappa shape index (κ1) is 21.8. The summed E-state index contributed by atoms with van der Waals surface area (Å²) in [5, 5.41) is 9.76. The standard InChI is InChI=1S/C20H22Cl2N4O2S/c1-13-6-8-29-18(13)10-23-25-20(28)14-3-2-7-26(11-14)12-19(27)24-17-9-15(21)4-5-16(17)22/h4-6,8-10,14H,2-3,7,11-12H2,1H3,(H,24,27)(H,25,28)/b23-10-/t14-/m1/s1. The van der Waals surface area contributed by atoms with Gasteiger partial charge in [-0.1, -0.05) is 23.2 Å². The molecule has 0 aliphatic carbocycles. The molecule has 2 N–H and O–H groups in total. The van der Waals surface area contributed by atoms with Crippen LogP contribution in [0, 0.1) is 12.8 Å². The van der Waals surface area contributed by atoms with Crippen LogP contribution in [0.15, 0.2) is 34.7 Å². The van der Waals surface area contributed by atoms with Crippen molar-refractivity contribution in [3.63, 3.8) is 0 Å². The Morgan fingerprint density at radius 1 is 1.34 bits per heavy atom. The number of rotatable bonds is 6. The SMILES string of the molecule is Cc1ccsc1/C=N\NC(=O)[C@@H]1CCCN(CC(=O)Nc2cc(Cl)ccc2Cl)C1. The van der Waals surface area contributed by atoms with E-state index in [0.717, 1.165) is 29.8 Å². The number of anilines is 1. The maximum absolute atomic E-state index is 12.4. The third-order valence-corrected chi connectivity index (χ3v) is 6.22. The molecule has 1 atom stereocenters. The van der Waals surface area contributed by atoms with Crippen molar-refractivity contribution in [3.8, 4) is 0 Å². The predicted molar refractivity (Wildman–Crippen MR) is 119 cm³/mol. The number of hydrogen-bond donors (Lipinski definition) is 2. The van der Waals surface area contributed by atoms with E-state index in [1.807, 2.05) is 23.3 Å². The Hall–Kier alpha value is -1.93. The molecule has 0 radical (unpaired) electrons. The van der Waals surface area contributed by atoms with E-state index in [0.29, 0.717) is 22.3 Å². The van der Waals surface area contributed by atoms with E-state index in [9.17, 15) is 9.59 Å². The summed E-state index contributed by atoms with van der Waals surface area (Å²) in [6.45, 7) is 3.46. The van der Waals surface area contributed by atoms with E-state index < -0.39 is 0 Å². The summed E-state index contributed by atoms with van der Waals surface area (Å²) in [6.07, 6.45) is 3.29. The number of carbonyl (C=O) groups is 2. The summed E-state index contributed by atoms with van der Waals surface area (Å²) < 4.78 is 0. The van der Waals surface area contributed by atoms with E-state index in [-0.39, 0.29) is 24.3 Å². The molecular weight excluding hydrogens is 431 g/mol. The molecule has 154 valence electrons. The van der Waals surface area contributed by atoms with Crippen molar-refractivity contribution in [1.29, 1.82) is 0 Å². The molecule has 6 nitrogen and oxygen atoms in total. The maximum atomic E-state index is 12.4. The van der Waals surface area contributed by atoms with Gasteiger partial charge in [-0.2, -0.15) is 5.10 Å². The molecule has 1 saturated heterocycles. The largest absolute Gasteiger partial charge is 0.324 e. The molecule has 1 fully saturated rings. The average Bonchev–Trinajstić information content (AvgIpc) is 3.09. The van der Waals surface area contributed by atoms with Gasteiger partial charge in [0, 0.05) is 16.4 Å². The van der Waals surface area contributed by atoms with Crippen LogP contribution < -0.4 is 10.7 Å². The van der Waals surface area contributed by atoms with Gasteiger partial charge >= 0.3 is 0 Å². The number of amides is 2. The van der Waals surface area contributed by atoms with Gasteiger partial charge in [-0.3, -0.25) is 14.5 Å². The van der Waals surface area contributed by atoms with E-state index in [2.05, 4.69) is 15.8 Å². The lowest BCUT2D eigenvalue weighted by Crippen LogP contribution is -2.44. The fourth-order valence-corrected chi connectivity index (χ4v) is 4.28. The van der Waals surface area contributed by atoms with Crippen molar-refractivity contribution in [3.05, 3.63) is 50.1 Å². The number of likely N-dealkylation sites (tertiary alicyclic amines) is 1. The molecule has 3 rings (SSSR count). The Morgan fingerprint density at radius 2 is 2.17 bits per heavy atom. The van der Waals surface area contributed by atoms with Crippen LogP contribution in [0.3, 0.4) is 0 Å². The first-order valence-corrected chi connectivity index (χ1v) is 10.9. The lowest BCUT2D eigenvalue weighted by Gasteiger charge is -2.31. The highest BCUT2D eigenvalue weighted by atomic mass is 35.5. The van der Waals surface area contributed by atoms with E-state index in [4.69, 9.17) is 23.2 Å². The zero-order valence-electron chi connectivity index (χ0n) is 16.0. The summed E-state index contributed by atoms with van der Waals surface area (Å²) in [6, 6.07) is 6.92. The number of halogens is 2. The monoisotopic (exact) mass is 452 g/mol. The van der Waals surface area contributed by atoms with Crippen molar-refractivity contribution in [2.45, 2.75) is 19.8 Å². The summed E-state index contributed by atoms with van der Waals surface area (Å²) in [7, 11) is 0. The summed E-state index contributed by atoms with van der Waals surface area (Å²) >= 11 is 13.6. The number of hydrogen-bond acceptors (Lipinski definition) is 5. The lowest BCUT2D eigenvalue weighted by atomic mass is 9.97. The highest BCUT2D eigenvalue weighted by Crippen LogP contribution is 2.25. The fraction of sp³-hybridized carbons (Fsp3) is 0.350. The molecule has 0 bridgehead atoms. The van der Waals surface area contributed by atoms with E-state index in [1.54, 1.807) is 35.8 Å². The van der Waals surface area contributed by atoms with Gasteiger partial charge in [0.1, 0.15) is 0 Å². The minimum absolute atomic E-state index is 0.126. The van der Waals surface area contributed by atoms with E-state index in [1.165, 1.54) is 0 Å². The van der Waals surface area contributed by atoms with Crippen molar-refractivity contribution in [2.24, 2.45) is 11.0 Å². The van der Waals surface area contributed by atoms with Gasteiger partial charge in [-0.15, -0.1) is 11.3 Å². The van der Waals surface area contributed by atoms with E-state index >= 15 is 0 Å². The van der Waals surface area contributed by atoms with Crippen LogP contribution in [0.2, 0.25) is 10.0 Å². The van der Waals surface area contributed by atoms with Gasteiger partial charge < -0.3 is 5.32 Å². The number of aryl methyl sites for hydroxylation is 1. The molecule has 29 heavy (non-hydrogen) atoms. The first-order valence-electron chi connectivity index (χ1n) is 9.26. The topological polar surface area (TPSA) is 73.8 Å². The van der Waals surface area contributed by atoms with Gasteiger partial charge in [0.05, 0.1) is 29.4 Å². The molecule has 2 aromatic rings. The zero-order valence-corrected chi connectivity index (χ0v) is 18.3. The number of nitrogens with zero attached hydrogens (tertiary/aromatic N) is 2. The zero-order chi connectivity index (χ0) is 20.8. The quantitative estimate of drug-likeness (QED) is 0.510. The van der Waals surface area contributed by atoms with Gasteiger partial charge in [-0.05, 0) is 61.5 Å². The average molecular weight is 453 g/mol. The molecule has 2 heterocycles. The minimum atomic E-state index is -0.201. The molecule has 1 aliphatic rings. The molecule has 0 spiro atoms. The number of piperidine rings is 1. The lowest BCUT2D eigenvalue weighted by molar-refractivity contribution is -0.127. The Kier molecular flexibility index (Phi) is 7.66. The van der Waals surface area contributed by atoms with Crippen molar-refractivity contribution < 1.29 is 9.59 Å². The second kappa shape index (κ2) is 10.2. The Morgan fingerprint density at radius 3 is 2.93 bits per heavy atom. The smallest absolute Gasteiger partial charge is 0.244 e. The maximum Gasteiger partial charge on any atom is 0.244 e. The second-order valence-corrected chi connectivity index (χ2v) is 8.74. The molecule has 1 aromatic carbocycles. The number of carbonyl (C=O) groups excluding carboxylic acids is 2. The molecule has 1 aliphatic heterocycles. The van der Waals surface area contributed by atoms with Crippen molar-refractivity contribution in [2.75, 3.05) is 25.0 Å². The van der Waals surface area contributed by atoms with Gasteiger partial charge in [0.2, 0.25) is 11.8 Å². The Labute approximate surface area is 183 Å². The highest BCUT2D eigenvalue weighted by molar-refractivity contribution is 7.11. The second-order valence-electron chi connectivity index (χ2n) is 6.95. The predicted octanol–water partition coefficient (Wildman–Crippen LogP) is 4.16. The molecular formula is C20H22Cl2N4O2S. The van der Waals surface area contributed by atoms with Crippen LogP contribution >= 0.6 is 34.5 Å². The molecule has 1 aromatic heterocycles. The van der Waals surface area contributed by atoms with Gasteiger partial charge in [-0.25, -0.2) is 5.43 Å². The first-order chi connectivity index (χ1) is 13.9. The third kappa shape index (κ3) is 6.27. The number of hydrazone groups is 1. The van der Waals surface area contributed by atoms with Crippen molar-refractivity contribution in [1.82, 2.24) is 10.3 Å². The normalized spacial score (nSPS) is 17.4. The molecule has 2 amide bonds. The summed E-state index contributed by atoms with van der Waals surface area (Å²) in [4.78, 5) is 27.8. The Balaban J connectivity index is 1.50. The van der Waals surface area contributed by atoms with Gasteiger partial charge in [0.15, 0.2) is 0 Å².